The van der Waals surface area contributed by atoms with Crippen molar-refractivity contribution in [2.75, 3.05) is 0 Å². The number of carboxylic acid groups (broad SMARTS) is 1. The van der Waals surface area contributed by atoms with Crippen molar-refractivity contribution in [2.45, 2.75) is 103 Å². The lowest BCUT2D eigenvalue weighted by Gasteiger charge is -2.21. The van der Waals surface area contributed by atoms with Crippen LogP contribution in [0.15, 0.2) is 36.5 Å². The van der Waals surface area contributed by atoms with E-state index in [0.717, 1.165) is 25.7 Å². The molecule has 4 nitrogen and oxygen atoms in total. The maximum Gasteiger partial charge on any atom is 0.306 e. The number of hydrogen-bond donors (Lipinski definition) is 1. The van der Waals surface area contributed by atoms with Crippen LogP contribution in [0.25, 0.3) is 0 Å². The summed E-state index contributed by atoms with van der Waals surface area (Å²) in [6.07, 6.45) is 23.9. The Morgan fingerprint density at radius 3 is 2.15 bits per heavy atom. The maximum absolute atomic E-state index is 10.9. The molecular formula is C23H38O4. The Labute approximate surface area is 165 Å². The van der Waals surface area contributed by atoms with Gasteiger partial charge in [0.05, 0.1) is 6.42 Å². The number of aliphatic carboxylic acids is 1. The molecule has 1 fully saturated rings. The Morgan fingerprint density at radius 1 is 0.889 bits per heavy atom. The lowest BCUT2D eigenvalue weighted by molar-refractivity contribution is -0.345. The Hall–Kier alpha value is -1.39. The first kappa shape index (κ1) is 23.6. The van der Waals surface area contributed by atoms with Crippen LogP contribution in [0.5, 0.6) is 0 Å². The maximum atomic E-state index is 10.9. The molecule has 0 spiro atoms. The van der Waals surface area contributed by atoms with E-state index in [1.807, 2.05) is 13.8 Å². The number of unbranched alkanes of at least 4 members (excludes halogenated alkanes) is 6. The third-order valence-corrected chi connectivity index (χ3v) is 4.88. The quantitative estimate of drug-likeness (QED) is 0.212. The summed E-state index contributed by atoms with van der Waals surface area (Å²) in [4.78, 5) is 21.8. The highest BCUT2D eigenvalue weighted by atomic mass is 17.2. The van der Waals surface area contributed by atoms with Gasteiger partial charge in [0, 0.05) is 6.42 Å². The van der Waals surface area contributed by atoms with Gasteiger partial charge in [-0.15, -0.1) is 0 Å². The molecule has 0 aromatic rings. The minimum absolute atomic E-state index is 0.0116. The van der Waals surface area contributed by atoms with Crippen molar-refractivity contribution in [2.24, 2.45) is 0 Å². The molecule has 2 unspecified atom stereocenters. The molecule has 27 heavy (non-hydrogen) atoms. The van der Waals surface area contributed by atoms with Gasteiger partial charge < -0.3 is 5.11 Å². The fourth-order valence-electron chi connectivity index (χ4n) is 3.58. The molecule has 0 aromatic heterocycles. The van der Waals surface area contributed by atoms with E-state index in [9.17, 15) is 4.79 Å². The average molecular weight is 379 g/mol. The van der Waals surface area contributed by atoms with Crippen molar-refractivity contribution >= 4 is 5.97 Å². The zero-order valence-corrected chi connectivity index (χ0v) is 17.4. The van der Waals surface area contributed by atoms with Crippen molar-refractivity contribution in [1.29, 1.82) is 0 Å². The van der Waals surface area contributed by atoms with Gasteiger partial charge in [0.25, 0.3) is 0 Å². The van der Waals surface area contributed by atoms with Gasteiger partial charge in [-0.25, -0.2) is 9.78 Å². The minimum Gasteiger partial charge on any atom is -0.481 e. The molecule has 0 radical (unpaired) electrons. The molecule has 0 amide bonds. The Balaban J connectivity index is 2.01. The molecule has 1 aliphatic rings. The van der Waals surface area contributed by atoms with Crippen LogP contribution in [0.1, 0.15) is 91.4 Å². The largest absolute Gasteiger partial charge is 0.481 e. The molecule has 1 N–H and O–H groups in total. The fourth-order valence-corrected chi connectivity index (χ4v) is 3.58. The Kier molecular flexibility index (Phi) is 11.3. The lowest BCUT2D eigenvalue weighted by Crippen LogP contribution is -2.30. The number of rotatable bonds is 14. The summed E-state index contributed by atoms with van der Waals surface area (Å²) < 4.78 is 0. The average Bonchev–Trinajstić information content (AvgIpc) is 2.89. The molecule has 1 saturated heterocycles. The second-order valence-electron chi connectivity index (χ2n) is 8.12. The fraction of sp³-hybridized carbons (Fsp3) is 0.696. The van der Waals surface area contributed by atoms with E-state index in [4.69, 9.17) is 14.9 Å². The van der Waals surface area contributed by atoms with Crippen molar-refractivity contribution in [1.82, 2.24) is 0 Å². The van der Waals surface area contributed by atoms with Crippen molar-refractivity contribution in [3.8, 4) is 0 Å². The summed E-state index contributed by atoms with van der Waals surface area (Å²) in [6.45, 7) is 5.98. The van der Waals surface area contributed by atoms with E-state index in [-0.39, 0.29) is 12.0 Å². The minimum atomic E-state index is -0.843. The molecule has 1 heterocycles. The third kappa shape index (κ3) is 11.1. The van der Waals surface area contributed by atoms with E-state index >= 15 is 0 Å². The van der Waals surface area contributed by atoms with E-state index in [1.165, 1.54) is 32.1 Å². The molecule has 154 valence electrons. The number of carboxylic acids is 1. The Morgan fingerprint density at radius 2 is 1.48 bits per heavy atom. The first-order valence-corrected chi connectivity index (χ1v) is 10.5. The van der Waals surface area contributed by atoms with Crippen LogP contribution in [-0.2, 0) is 14.6 Å². The SMILES string of the molecule is CCC=CC=CC=CCCCCCCCCC1(C)CC(C)(CC(=O)O)OO1. The smallest absolute Gasteiger partial charge is 0.306 e. The van der Waals surface area contributed by atoms with Gasteiger partial charge in [-0.2, -0.15) is 0 Å². The van der Waals surface area contributed by atoms with E-state index in [0.29, 0.717) is 6.42 Å². The second-order valence-corrected chi connectivity index (χ2v) is 8.12. The highest BCUT2D eigenvalue weighted by Gasteiger charge is 2.47. The van der Waals surface area contributed by atoms with Gasteiger partial charge >= 0.3 is 5.97 Å². The monoisotopic (exact) mass is 378 g/mol. The van der Waals surface area contributed by atoms with E-state index < -0.39 is 11.6 Å². The van der Waals surface area contributed by atoms with E-state index in [1.54, 1.807) is 0 Å². The summed E-state index contributed by atoms with van der Waals surface area (Å²) in [5.74, 6) is -0.843. The predicted molar refractivity (Wildman–Crippen MR) is 110 cm³/mol. The second kappa shape index (κ2) is 12.9. The van der Waals surface area contributed by atoms with Crippen LogP contribution in [0, 0.1) is 0 Å². The first-order chi connectivity index (χ1) is 12.9. The molecule has 4 heteroatoms. The van der Waals surface area contributed by atoms with Crippen LogP contribution in [-0.4, -0.2) is 22.3 Å². The first-order valence-electron chi connectivity index (χ1n) is 10.5. The van der Waals surface area contributed by atoms with Crippen LogP contribution in [0.3, 0.4) is 0 Å². The number of hydrogen-bond acceptors (Lipinski definition) is 3. The summed E-state index contributed by atoms with van der Waals surface area (Å²) in [7, 11) is 0. The topological polar surface area (TPSA) is 55.8 Å². The molecule has 0 saturated carbocycles. The van der Waals surface area contributed by atoms with Crippen LogP contribution < -0.4 is 0 Å². The van der Waals surface area contributed by atoms with Gasteiger partial charge in [0.15, 0.2) is 0 Å². The molecule has 1 aliphatic heterocycles. The summed E-state index contributed by atoms with van der Waals surface area (Å²) in [5.41, 5.74) is -1.05. The summed E-state index contributed by atoms with van der Waals surface area (Å²) >= 11 is 0. The number of allylic oxidation sites excluding steroid dienone is 6. The van der Waals surface area contributed by atoms with Crippen LogP contribution >= 0.6 is 0 Å². The van der Waals surface area contributed by atoms with Crippen LogP contribution in [0.4, 0.5) is 0 Å². The summed E-state index contributed by atoms with van der Waals surface area (Å²) in [6, 6.07) is 0. The van der Waals surface area contributed by atoms with Crippen molar-refractivity contribution in [3.63, 3.8) is 0 Å². The van der Waals surface area contributed by atoms with Gasteiger partial charge in [-0.05, 0) is 39.5 Å². The normalized spacial score (nSPS) is 26.0. The zero-order chi connectivity index (χ0) is 20.0. The molecule has 2 atom stereocenters. The third-order valence-electron chi connectivity index (χ3n) is 4.88. The van der Waals surface area contributed by atoms with Crippen molar-refractivity contribution in [3.05, 3.63) is 36.5 Å². The van der Waals surface area contributed by atoms with Gasteiger partial charge in [0.2, 0.25) is 0 Å². The van der Waals surface area contributed by atoms with Crippen LogP contribution in [0.2, 0.25) is 0 Å². The summed E-state index contributed by atoms with van der Waals surface area (Å²) in [5, 5.41) is 8.97. The van der Waals surface area contributed by atoms with Gasteiger partial charge in [-0.3, -0.25) is 4.79 Å². The predicted octanol–water partition coefficient (Wildman–Crippen LogP) is 6.53. The number of carbonyl (C=O) groups is 1. The van der Waals surface area contributed by atoms with E-state index in [2.05, 4.69) is 43.4 Å². The standard InChI is InChI=1S/C23H38O4/c1-4-5-6-7-8-9-10-11-12-13-14-15-16-17-18-22(2)20-23(3,27-26-22)19-21(24)25/h5-10H,4,11-20H2,1-3H3,(H,24,25). The molecule has 0 aliphatic carbocycles. The lowest BCUT2D eigenvalue weighted by atomic mass is 9.85. The zero-order valence-electron chi connectivity index (χ0n) is 17.4. The molecule has 0 aromatic carbocycles. The highest BCUT2D eigenvalue weighted by molar-refractivity contribution is 5.68. The van der Waals surface area contributed by atoms with Gasteiger partial charge in [0.1, 0.15) is 11.2 Å². The Bertz CT molecular complexity index is 509. The molecule has 0 bridgehead atoms. The molecular weight excluding hydrogens is 340 g/mol. The van der Waals surface area contributed by atoms with Gasteiger partial charge in [-0.1, -0.05) is 75.5 Å². The molecule has 1 rings (SSSR count). The highest BCUT2D eigenvalue weighted by Crippen LogP contribution is 2.40. The van der Waals surface area contributed by atoms with Crippen molar-refractivity contribution < 1.29 is 19.7 Å².